The van der Waals surface area contributed by atoms with Crippen LogP contribution in [0, 0.1) is 0 Å². The molecule has 2 aliphatic heterocycles. The van der Waals surface area contributed by atoms with Gasteiger partial charge in [0.05, 0.1) is 0 Å². The molecular weight excluding hydrogens is 326 g/mol. The highest BCUT2D eigenvalue weighted by Gasteiger charge is 2.34. The van der Waals surface area contributed by atoms with Gasteiger partial charge in [-0.3, -0.25) is 9.69 Å². The lowest BCUT2D eigenvalue weighted by atomic mass is 10.0. The van der Waals surface area contributed by atoms with Gasteiger partial charge in [-0.05, 0) is 24.8 Å². The van der Waals surface area contributed by atoms with E-state index in [0.717, 1.165) is 38.9 Å². The Labute approximate surface area is 150 Å². The summed E-state index contributed by atoms with van der Waals surface area (Å²) in [6.07, 6.45) is 3.53. The fraction of sp³-hybridized carbons (Fsp3) is 0.556. The molecule has 0 spiro atoms. The fourth-order valence-electron chi connectivity index (χ4n) is 3.50. The van der Waals surface area contributed by atoms with Gasteiger partial charge in [0.15, 0.2) is 0 Å². The van der Waals surface area contributed by atoms with Crippen molar-refractivity contribution >= 4 is 24.3 Å². The van der Waals surface area contributed by atoms with E-state index in [1.807, 2.05) is 11.0 Å². The van der Waals surface area contributed by atoms with E-state index in [4.69, 9.17) is 0 Å². The molecule has 0 radical (unpaired) electrons. The van der Waals surface area contributed by atoms with Crippen molar-refractivity contribution in [1.82, 2.24) is 14.7 Å². The predicted molar refractivity (Wildman–Crippen MR) is 96.3 cm³/mol. The van der Waals surface area contributed by atoms with Gasteiger partial charge < -0.3 is 9.80 Å². The van der Waals surface area contributed by atoms with E-state index in [1.54, 1.807) is 7.05 Å². The van der Waals surface area contributed by atoms with Gasteiger partial charge >= 0.3 is 6.03 Å². The van der Waals surface area contributed by atoms with Crippen molar-refractivity contribution < 1.29 is 9.59 Å². The van der Waals surface area contributed by atoms with Crippen molar-refractivity contribution in [1.29, 1.82) is 0 Å². The Balaban J connectivity index is 0.00000208. The number of halogens is 1. The maximum Gasteiger partial charge on any atom is 0.326 e. The van der Waals surface area contributed by atoms with Crippen molar-refractivity contribution in [2.75, 3.05) is 33.2 Å². The molecule has 0 aromatic heterocycles. The van der Waals surface area contributed by atoms with Crippen LogP contribution in [-0.4, -0.2) is 65.9 Å². The summed E-state index contributed by atoms with van der Waals surface area (Å²) in [5.74, 6) is -0.0634. The van der Waals surface area contributed by atoms with E-state index in [9.17, 15) is 9.59 Å². The Bertz CT molecular complexity index is 559. The Kier molecular flexibility index (Phi) is 6.63. The summed E-state index contributed by atoms with van der Waals surface area (Å²) in [5.41, 5.74) is 1.38. The molecule has 2 fully saturated rings. The number of amides is 3. The van der Waals surface area contributed by atoms with E-state index in [0.29, 0.717) is 13.0 Å². The van der Waals surface area contributed by atoms with Gasteiger partial charge in [0.1, 0.15) is 0 Å². The minimum absolute atomic E-state index is 0. The second-order valence-electron chi connectivity index (χ2n) is 6.49. The highest BCUT2D eigenvalue weighted by Crippen LogP contribution is 2.21. The van der Waals surface area contributed by atoms with Crippen LogP contribution in [0.3, 0.4) is 0 Å². The van der Waals surface area contributed by atoms with Crippen LogP contribution in [-0.2, 0) is 11.2 Å². The minimum Gasteiger partial charge on any atom is -0.321 e. The van der Waals surface area contributed by atoms with Gasteiger partial charge in [0.2, 0.25) is 5.91 Å². The quantitative estimate of drug-likeness (QED) is 0.836. The Hall–Kier alpha value is -1.59. The van der Waals surface area contributed by atoms with Crippen LogP contribution in [0.4, 0.5) is 4.79 Å². The van der Waals surface area contributed by atoms with Crippen molar-refractivity contribution in [2.45, 2.75) is 31.7 Å². The number of nitrogens with zero attached hydrogens (tertiary/aromatic N) is 3. The predicted octanol–water partition coefficient (Wildman–Crippen LogP) is 2.40. The number of benzene rings is 1. The standard InChI is InChI=1S/C18H25N3O2.ClH/c1-19-17(22)10-14-21(18(19)23)16-8-12-20(13-9-16)11-7-15-5-3-2-4-6-15;/h2-6,16H,7-14H2,1H3;1H. The molecule has 5 nitrogen and oxygen atoms in total. The number of piperidine rings is 1. The lowest BCUT2D eigenvalue weighted by Gasteiger charge is -2.41. The van der Waals surface area contributed by atoms with Crippen molar-refractivity contribution in [2.24, 2.45) is 0 Å². The van der Waals surface area contributed by atoms with Crippen LogP contribution < -0.4 is 0 Å². The number of carbonyl (C=O) groups excluding carboxylic acids is 2. The first kappa shape index (κ1) is 18.7. The Morgan fingerprint density at radius 3 is 2.38 bits per heavy atom. The van der Waals surface area contributed by atoms with E-state index < -0.39 is 0 Å². The molecule has 0 N–H and O–H groups in total. The summed E-state index contributed by atoms with van der Waals surface area (Å²) in [4.78, 5) is 29.5. The van der Waals surface area contributed by atoms with Gasteiger partial charge in [0, 0.05) is 45.7 Å². The molecule has 1 aromatic rings. The van der Waals surface area contributed by atoms with E-state index in [2.05, 4.69) is 29.2 Å². The molecule has 0 saturated carbocycles. The van der Waals surface area contributed by atoms with E-state index >= 15 is 0 Å². The monoisotopic (exact) mass is 351 g/mol. The molecule has 2 saturated heterocycles. The molecule has 2 heterocycles. The van der Waals surface area contributed by atoms with Crippen LogP contribution in [0.25, 0.3) is 0 Å². The largest absolute Gasteiger partial charge is 0.326 e. The first-order valence-electron chi connectivity index (χ1n) is 8.48. The summed E-state index contributed by atoms with van der Waals surface area (Å²) in [7, 11) is 1.59. The topological polar surface area (TPSA) is 43.9 Å². The smallest absolute Gasteiger partial charge is 0.321 e. The van der Waals surface area contributed by atoms with Gasteiger partial charge in [0.25, 0.3) is 0 Å². The molecule has 0 atom stereocenters. The summed E-state index contributed by atoms with van der Waals surface area (Å²) >= 11 is 0. The van der Waals surface area contributed by atoms with Gasteiger partial charge in [-0.1, -0.05) is 30.3 Å². The number of hydrogen-bond acceptors (Lipinski definition) is 3. The third kappa shape index (κ3) is 4.28. The molecule has 0 bridgehead atoms. The molecule has 132 valence electrons. The number of urea groups is 1. The van der Waals surface area contributed by atoms with Crippen molar-refractivity contribution in [3.8, 4) is 0 Å². The van der Waals surface area contributed by atoms with Crippen LogP contribution in [0.5, 0.6) is 0 Å². The second kappa shape index (κ2) is 8.49. The molecule has 24 heavy (non-hydrogen) atoms. The maximum absolute atomic E-state index is 12.2. The van der Waals surface area contributed by atoms with E-state index in [-0.39, 0.29) is 30.4 Å². The normalized spacial score (nSPS) is 20.2. The molecule has 3 amide bonds. The zero-order chi connectivity index (χ0) is 16.2. The number of hydrogen-bond donors (Lipinski definition) is 0. The van der Waals surface area contributed by atoms with E-state index in [1.165, 1.54) is 10.5 Å². The van der Waals surface area contributed by atoms with Crippen LogP contribution in [0.1, 0.15) is 24.8 Å². The first-order valence-corrected chi connectivity index (χ1v) is 8.48. The third-order valence-electron chi connectivity index (χ3n) is 5.03. The average molecular weight is 352 g/mol. The fourth-order valence-corrected chi connectivity index (χ4v) is 3.50. The molecule has 1 aromatic carbocycles. The average Bonchev–Trinajstić information content (AvgIpc) is 2.60. The lowest BCUT2D eigenvalue weighted by molar-refractivity contribution is -0.130. The Morgan fingerprint density at radius 2 is 1.71 bits per heavy atom. The maximum atomic E-state index is 12.2. The molecule has 0 aliphatic carbocycles. The lowest BCUT2D eigenvalue weighted by Crippen LogP contribution is -2.56. The SMILES string of the molecule is CN1C(=O)CCN(C2CCN(CCc3ccccc3)CC2)C1=O.Cl. The molecule has 6 heteroatoms. The number of carbonyl (C=O) groups is 2. The summed E-state index contributed by atoms with van der Waals surface area (Å²) in [5, 5.41) is 0. The first-order chi connectivity index (χ1) is 11.1. The van der Waals surface area contributed by atoms with Gasteiger partial charge in [-0.25, -0.2) is 4.79 Å². The van der Waals surface area contributed by atoms with Crippen LogP contribution in [0.15, 0.2) is 30.3 Å². The zero-order valence-corrected chi connectivity index (χ0v) is 15.0. The summed E-state index contributed by atoms with van der Waals surface area (Å²) in [6, 6.07) is 10.7. The Morgan fingerprint density at radius 1 is 1.04 bits per heavy atom. The molecule has 2 aliphatic rings. The second-order valence-corrected chi connectivity index (χ2v) is 6.49. The van der Waals surface area contributed by atoms with Crippen molar-refractivity contribution in [3.05, 3.63) is 35.9 Å². The third-order valence-corrected chi connectivity index (χ3v) is 5.03. The van der Waals surface area contributed by atoms with Gasteiger partial charge in [-0.15, -0.1) is 12.4 Å². The minimum atomic E-state index is -0.121. The molecular formula is C18H26ClN3O2. The number of imide groups is 1. The van der Waals surface area contributed by atoms with Crippen LogP contribution >= 0.6 is 12.4 Å². The summed E-state index contributed by atoms with van der Waals surface area (Å²) < 4.78 is 0. The zero-order valence-electron chi connectivity index (χ0n) is 14.2. The number of rotatable bonds is 4. The van der Waals surface area contributed by atoms with Crippen molar-refractivity contribution in [3.63, 3.8) is 0 Å². The highest BCUT2D eigenvalue weighted by molar-refractivity contribution is 5.96. The molecule has 0 unspecified atom stereocenters. The van der Waals surface area contributed by atoms with Gasteiger partial charge in [-0.2, -0.15) is 0 Å². The van der Waals surface area contributed by atoms with Crippen LogP contribution in [0.2, 0.25) is 0 Å². The highest BCUT2D eigenvalue weighted by atomic mass is 35.5. The number of likely N-dealkylation sites (tertiary alicyclic amines) is 1. The molecule has 3 rings (SSSR count). The summed E-state index contributed by atoms with van der Waals surface area (Å²) in [6.45, 7) is 3.71.